The van der Waals surface area contributed by atoms with Crippen molar-refractivity contribution in [3.63, 3.8) is 0 Å². The first kappa shape index (κ1) is 15.2. The molecule has 0 N–H and O–H groups in total. The molecule has 1 fully saturated rings. The number of amides is 2. The van der Waals surface area contributed by atoms with Crippen molar-refractivity contribution in [1.82, 2.24) is 4.90 Å². The summed E-state index contributed by atoms with van der Waals surface area (Å²) in [5.74, 6) is -0.236. The van der Waals surface area contributed by atoms with Gasteiger partial charge in [0.2, 0.25) is 11.8 Å². The number of ketones is 1. The fraction of sp³-hybridized carbons (Fsp3) is 0.438. The Bertz CT molecular complexity index is 545. The van der Waals surface area contributed by atoms with Crippen LogP contribution >= 0.6 is 0 Å². The van der Waals surface area contributed by atoms with E-state index in [1.165, 1.54) is 18.7 Å². The number of hydrogen-bond acceptors (Lipinski definition) is 3. The van der Waals surface area contributed by atoms with Crippen molar-refractivity contribution >= 4 is 23.3 Å². The van der Waals surface area contributed by atoms with Crippen LogP contribution in [0.2, 0.25) is 0 Å². The van der Waals surface area contributed by atoms with Crippen LogP contribution in [0.3, 0.4) is 0 Å². The van der Waals surface area contributed by atoms with Gasteiger partial charge in [-0.3, -0.25) is 14.4 Å². The lowest BCUT2D eigenvalue weighted by atomic mass is 10.1. The van der Waals surface area contributed by atoms with Crippen LogP contribution in [0.25, 0.3) is 0 Å². The number of hydrogen-bond donors (Lipinski definition) is 0. The third-order valence-electron chi connectivity index (χ3n) is 3.72. The molecule has 0 unspecified atom stereocenters. The van der Waals surface area contributed by atoms with Crippen LogP contribution in [0.4, 0.5) is 5.69 Å². The Morgan fingerprint density at radius 2 is 1.62 bits per heavy atom. The Morgan fingerprint density at radius 1 is 1.05 bits per heavy atom. The number of Topliss-reactive ketones (excluding diaryl/α,β-unsaturated/α-hetero) is 1. The van der Waals surface area contributed by atoms with E-state index in [0.717, 1.165) is 25.9 Å². The zero-order valence-corrected chi connectivity index (χ0v) is 12.5. The van der Waals surface area contributed by atoms with Gasteiger partial charge in [0.15, 0.2) is 5.78 Å². The highest BCUT2D eigenvalue weighted by molar-refractivity contribution is 5.98. The van der Waals surface area contributed by atoms with Gasteiger partial charge in [0, 0.05) is 31.3 Å². The summed E-state index contributed by atoms with van der Waals surface area (Å²) in [6.07, 6.45) is 2.05. The van der Waals surface area contributed by atoms with Crippen molar-refractivity contribution in [2.45, 2.75) is 26.7 Å². The molecule has 1 aromatic rings. The third-order valence-corrected chi connectivity index (χ3v) is 3.72. The number of anilines is 1. The molecule has 1 saturated heterocycles. The number of benzene rings is 1. The van der Waals surface area contributed by atoms with E-state index in [9.17, 15) is 14.4 Å². The lowest BCUT2D eigenvalue weighted by Gasteiger charge is -2.24. The Morgan fingerprint density at radius 3 is 2.10 bits per heavy atom. The summed E-state index contributed by atoms with van der Waals surface area (Å²) in [5, 5.41) is 0. The molecule has 21 heavy (non-hydrogen) atoms. The quantitative estimate of drug-likeness (QED) is 0.795. The summed E-state index contributed by atoms with van der Waals surface area (Å²) in [6, 6.07) is 6.76. The molecule has 5 heteroatoms. The molecule has 1 aromatic carbocycles. The van der Waals surface area contributed by atoms with Gasteiger partial charge < -0.3 is 9.80 Å². The number of likely N-dealkylation sites (tertiary alicyclic amines) is 1. The molecule has 0 radical (unpaired) electrons. The molecular weight excluding hydrogens is 268 g/mol. The average Bonchev–Trinajstić information content (AvgIpc) is 2.98. The highest BCUT2D eigenvalue weighted by Gasteiger charge is 2.22. The summed E-state index contributed by atoms with van der Waals surface area (Å²) in [4.78, 5) is 38.5. The summed E-state index contributed by atoms with van der Waals surface area (Å²) in [6.45, 7) is 4.53. The van der Waals surface area contributed by atoms with E-state index in [2.05, 4.69) is 0 Å². The molecule has 112 valence electrons. The van der Waals surface area contributed by atoms with E-state index in [1.807, 2.05) is 0 Å². The maximum atomic E-state index is 12.2. The van der Waals surface area contributed by atoms with E-state index in [4.69, 9.17) is 0 Å². The molecule has 1 aliphatic heterocycles. The van der Waals surface area contributed by atoms with Crippen molar-refractivity contribution in [2.75, 3.05) is 24.5 Å². The summed E-state index contributed by atoms with van der Waals surface area (Å²) >= 11 is 0. The third kappa shape index (κ3) is 3.68. The van der Waals surface area contributed by atoms with Gasteiger partial charge in [0.05, 0.1) is 0 Å². The predicted octanol–water partition coefficient (Wildman–Crippen LogP) is 1.86. The van der Waals surface area contributed by atoms with Gasteiger partial charge in [0.1, 0.15) is 6.54 Å². The molecule has 0 spiro atoms. The minimum absolute atomic E-state index is 0.0240. The highest BCUT2D eigenvalue weighted by atomic mass is 16.2. The lowest BCUT2D eigenvalue weighted by Crippen LogP contribution is -2.41. The minimum atomic E-state index is -0.182. The monoisotopic (exact) mass is 288 g/mol. The average molecular weight is 288 g/mol. The molecular formula is C16H20N2O3. The van der Waals surface area contributed by atoms with Gasteiger partial charge in [-0.25, -0.2) is 0 Å². The zero-order valence-electron chi connectivity index (χ0n) is 12.5. The van der Waals surface area contributed by atoms with Crippen LogP contribution in [-0.2, 0) is 9.59 Å². The lowest BCUT2D eigenvalue weighted by molar-refractivity contribution is -0.130. The summed E-state index contributed by atoms with van der Waals surface area (Å²) in [7, 11) is 0. The normalized spacial score (nSPS) is 14.1. The number of carbonyl (C=O) groups excluding carboxylic acids is 3. The maximum Gasteiger partial charge on any atom is 0.242 e. The molecule has 1 aliphatic rings. The van der Waals surface area contributed by atoms with E-state index in [-0.39, 0.29) is 24.1 Å². The van der Waals surface area contributed by atoms with Crippen molar-refractivity contribution in [1.29, 1.82) is 0 Å². The second kappa shape index (κ2) is 6.52. The summed E-state index contributed by atoms with van der Waals surface area (Å²) in [5.41, 5.74) is 1.23. The van der Waals surface area contributed by atoms with Gasteiger partial charge in [0.25, 0.3) is 0 Å². The van der Waals surface area contributed by atoms with E-state index >= 15 is 0 Å². The van der Waals surface area contributed by atoms with Crippen molar-refractivity contribution in [3.05, 3.63) is 29.8 Å². The van der Waals surface area contributed by atoms with Crippen LogP contribution in [0, 0.1) is 0 Å². The van der Waals surface area contributed by atoms with Crippen LogP contribution in [-0.4, -0.2) is 42.1 Å². The molecule has 2 amide bonds. The van der Waals surface area contributed by atoms with Crippen LogP contribution in [0.15, 0.2) is 24.3 Å². The van der Waals surface area contributed by atoms with Crippen molar-refractivity contribution in [2.24, 2.45) is 0 Å². The number of carbonyl (C=O) groups is 3. The molecule has 0 saturated carbocycles. The highest BCUT2D eigenvalue weighted by Crippen LogP contribution is 2.17. The van der Waals surface area contributed by atoms with Gasteiger partial charge in [-0.05, 0) is 44.0 Å². The number of rotatable bonds is 4. The first-order valence-electron chi connectivity index (χ1n) is 7.16. The molecule has 0 aromatic heterocycles. The van der Waals surface area contributed by atoms with E-state index in [1.54, 1.807) is 29.2 Å². The molecule has 0 atom stereocenters. The van der Waals surface area contributed by atoms with Crippen LogP contribution in [0.1, 0.15) is 37.0 Å². The van der Waals surface area contributed by atoms with E-state index in [0.29, 0.717) is 11.3 Å². The summed E-state index contributed by atoms with van der Waals surface area (Å²) < 4.78 is 0. The van der Waals surface area contributed by atoms with Crippen molar-refractivity contribution < 1.29 is 14.4 Å². The first-order chi connectivity index (χ1) is 9.99. The van der Waals surface area contributed by atoms with Gasteiger partial charge in [-0.2, -0.15) is 0 Å². The van der Waals surface area contributed by atoms with Crippen LogP contribution in [0.5, 0.6) is 0 Å². The first-order valence-corrected chi connectivity index (χ1v) is 7.16. The Labute approximate surface area is 124 Å². The van der Waals surface area contributed by atoms with Crippen molar-refractivity contribution in [3.8, 4) is 0 Å². The fourth-order valence-corrected chi connectivity index (χ4v) is 2.46. The molecule has 2 rings (SSSR count). The topological polar surface area (TPSA) is 57.7 Å². The zero-order chi connectivity index (χ0) is 15.4. The molecule has 1 heterocycles. The minimum Gasteiger partial charge on any atom is -0.341 e. The Kier molecular flexibility index (Phi) is 4.73. The van der Waals surface area contributed by atoms with Gasteiger partial charge >= 0.3 is 0 Å². The Balaban J connectivity index is 2.12. The van der Waals surface area contributed by atoms with E-state index < -0.39 is 0 Å². The molecule has 5 nitrogen and oxygen atoms in total. The number of nitrogens with zero attached hydrogens (tertiary/aromatic N) is 2. The van der Waals surface area contributed by atoms with Crippen LogP contribution < -0.4 is 4.90 Å². The fourth-order valence-electron chi connectivity index (χ4n) is 2.46. The Hall–Kier alpha value is -2.17. The molecule has 0 aliphatic carbocycles. The standard InChI is InChI=1S/C16H20N2O3/c1-12(19)14-5-7-15(8-6-14)18(13(2)20)11-16(21)17-9-3-4-10-17/h5-8H,3-4,9-11H2,1-2H3. The smallest absolute Gasteiger partial charge is 0.242 e. The molecule has 0 bridgehead atoms. The maximum absolute atomic E-state index is 12.2. The second-order valence-electron chi connectivity index (χ2n) is 5.30. The SMILES string of the molecule is CC(=O)c1ccc(N(CC(=O)N2CCCC2)C(C)=O)cc1. The van der Waals surface area contributed by atoms with Gasteiger partial charge in [-0.1, -0.05) is 0 Å². The van der Waals surface area contributed by atoms with Gasteiger partial charge in [-0.15, -0.1) is 0 Å². The largest absolute Gasteiger partial charge is 0.341 e. The second-order valence-corrected chi connectivity index (χ2v) is 5.30. The predicted molar refractivity (Wildman–Crippen MR) is 80.3 cm³/mol.